The van der Waals surface area contributed by atoms with Gasteiger partial charge in [0.05, 0.1) is 7.11 Å². The smallest absolute Gasteiger partial charge is 0.354 e. The SMILES string of the molecule is COC(=O)c1c[c]c[nH]1. The van der Waals surface area contributed by atoms with E-state index in [9.17, 15) is 4.79 Å². The minimum absolute atomic E-state index is 0.365. The molecule has 9 heavy (non-hydrogen) atoms. The fourth-order valence-corrected chi connectivity index (χ4v) is 0.514. The van der Waals surface area contributed by atoms with Gasteiger partial charge < -0.3 is 9.72 Å². The van der Waals surface area contributed by atoms with Crippen LogP contribution in [0.4, 0.5) is 0 Å². The number of nitrogens with one attached hydrogen (secondary N) is 1. The molecule has 1 aromatic heterocycles. The molecular formula is C6H6NO2. The molecule has 0 bridgehead atoms. The molecule has 1 rings (SSSR count). The van der Waals surface area contributed by atoms with E-state index in [0.29, 0.717) is 5.69 Å². The summed E-state index contributed by atoms with van der Waals surface area (Å²) >= 11 is 0. The molecule has 0 saturated carbocycles. The van der Waals surface area contributed by atoms with Crippen LogP contribution in [0.1, 0.15) is 10.5 Å². The lowest BCUT2D eigenvalue weighted by Gasteiger charge is -1.91. The number of methoxy groups -OCH3 is 1. The third-order valence-electron chi connectivity index (χ3n) is 0.944. The first-order chi connectivity index (χ1) is 4.34. The van der Waals surface area contributed by atoms with Crippen molar-refractivity contribution in [3.63, 3.8) is 0 Å². The second-order valence-electron chi connectivity index (χ2n) is 1.50. The van der Waals surface area contributed by atoms with Crippen LogP contribution >= 0.6 is 0 Å². The van der Waals surface area contributed by atoms with Crippen LogP contribution in [0.3, 0.4) is 0 Å². The van der Waals surface area contributed by atoms with Gasteiger partial charge in [-0.3, -0.25) is 0 Å². The van der Waals surface area contributed by atoms with Crippen molar-refractivity contribution in [3.05, 3.63) is 24.0 Å². The summed E-state index contributed by atoms with van der Waals surface area (Å²) in [6.07, 6.45) is 1.55. The number of carbonyl (C=O) groups is 1. The normalized spacial score (nSPS) is 9.00. The van der Waals surface area contributed by atoms with E-state index in [1.165, 1.54) is 13.2 Å². The van der Waals surface area contributed by atoms with Gasteiger partial charge in [0.25, 0.3) is 0 Å². The monoisotopic (exact) mass is 124 g/mol. The van der Waals surface area contributed by atoms with Crippen molar-refractivity contribution in [2.75, 3.05) is 7.11 Å². The molecule has 1 radical (unpaired) electrons. The van der Waals surface area contributed by atoms with Gasteiger partial charge in [-0.2, -0.15) is 0 Å². The molecule has 1 aromatic rings. The number of aromatic amines is 1. The van der Waals surface area contributed by atoms with Crippen LogP contribution in [0, 0.1) is 6.07 Å². The van der Waals surface area contributed by atoms with Crippen LogP contribution < -0.4 is 0 Å². The van der Waals surface area contributed by atoms with Crippen LogP contribution in [0.25, 0.3) is 0 Å². The van der Waals surface area contributed by atoms with Crippen molar-refractivity contribution < 1.29 is 9.53 Å². The van der Waals surface area contributed by atoms with Gasteiger partial charge in [0.2, 0.25) is 0 Å². The van der Waals surface area contributed by atoms with Crippen molar-refractivity contribution >= 4 is 5.97 Å². The third kappa shape index (κ3) is 1.10. The lowest BCUT2D eigenvalue weighted by molar-refractivity contribution is 0.0595. The van der Waals surface area contributed by atoms with Crippen molar-refractivity contribution in [1.82, 2.24) is 4.98 Å². The van der Waals surface area contributed by atoms with E-state index in [0.717, 1.165) is 0 Å². The van der Waals surface area contributed by atoms with Crippen LogP contribution in [0.5, 0.6) is 0 Å². The summed E-state index contributed by atoms with van der Waals surface area (Å²) in [4.78, 5) is 13.3. The molecule has 0 atom stereocenters. The second-order valence-corrected chi connectivity index (χ2v) is 1.50. The van der Waals surface area contributed by atoms with Crippen molar-refractivity contribution in [1.29, 1.82) is 0 Å². The minimum Gasteiger partial charge on any atom is -0.464 e. The molecule has 47 valence electrons. The molecular weight excluding hydrogens is 118 g/mol. The molecule has 0 fully saturated rings. The molecule has 0 unspecified atom stereocenters. The lowest BCUT2D eigenvalue weighted by atomic mass is 10.4. The molecule has 0 aliphatic rings. The average molecular weight is 124 g/mol. The van der Waals surface area contributed by atoms with E-state index in [1.54, 1.807) is 6.20 Å². The number of aromatic nitrogens is 1. The predicted molar refractivity (Wildman–Crippen MR) is 31.0 cm³/mol. The number of hydrogen-bond acceptors (Lipinski definition) is 2. The fraction of sp³-hybridized carbons (Fsp3) is 0.167. The number of hydrogen-bond donors (Lipinski definition) is 1. The lowest BCUT2D eigenvalue weighted by Crippen LogP contribution is -2.00. The van der Waals surface area contributed by atoms with Gasteiger partial charge in [-0.15, -0.1) is 0 Å². The zero-order valence-electron chi connectivity index (χ0n) is 4.97. The Morgan fingerprint density at radius 1 is 1.89 bits per heavy atom. The number of carbonyl (C=O) groups excluding carboxylic acids is 1. The summed E-state index contributed by atoms with van der Waals surface area (Å²) in [5, 5.41) is 0. The molecule has 3 nitrogen and oxygen atoms in total. The highest BCUT2D eigenvalue weighted by atomic mass is 16.5. The summed E-state index contributed by atoms with van der Waals surface area (Å²) in [5.74, 6) is -0.365. The summed E-state index contributed by atoms with van der Waals surface area (Å²) in [6.45, 7) is 0. The number of rotatable bonds is 1. The number of esters is 1. The molecule has 0 spiro atoms. The Bertz CT molecular complexity index is 191. The predicted octanol–water partition coefficient (Wildman–Crippen LogP) is 0.601. The van der Waals surface area contributed by atoms with Crippen molar-refractivity contribution in [2.24, 2.45) is 0 Å². The zero-order chi connectivity index (χ0) is 6.69. The van der Waals surface area contributed by atoms with Gasteiger partial charge in [-0.25, -0.2) is 4.79 Å². The highest BCUT2D eigenvalue weighted by Crippen LogP contribution is 1.94. The molecule has 0 aliphatic heterocycles. The van der Waals surface area contributed by atoms with E-state index >= 15 is 0 Å². The van der Waals surface area contributed by atoms with Gasteiger partial charge >= 0.3 is 5.97 Å². The van der Waals surface area contributed by atoms with E-state index < -0.39 is 0 Å². The van der Waals surface area contributed by atoms with Crippen LogP contribution in [-0.4, -0.2) is 18.1 Å². The average Bonchev–Trinajstić information content (AvgIpc) is 2.37. The Kier molecular flexibility index (Phi) is 1.53. The van der Waals surface area contributed by atoms with Gasteiger partial charge in [-0.05, 0) is 6.07 Å². The quantitative estimate of drug-likeness (QED) is 0.557. The molecule has 3 heteroatoms. The minimum atomic E-state index is -0.365. The summed E-state index contributed by atoms with van der Waals surface area (Å²) in [7, 11) is 1.34. The Morgan fingerprint density at radius 3 is 3.11 bits per heavy atom. The highest BCUT2D eigenvalue weighted by Gasteiger charge is 2.02. The van der Waals surface area contributed by atoms with Gasteiger partial charge in [-0.1, -0.05) is 0 Å². The topological polar surface area (TPSA) is 42.1 Å². The Morgan fingerprint density at radius 2 is 2.67 bits per heavy atom. The van der Waals surface area contributed by atoms with Crippen LogP contribution in [0.2, 0.25) is 0 Å². The first-order valence-corrected chi connectivity index (χ1v) is 2.47. The fourth-order valence-electron chi connectivity index (χ4n) is 0.514. The van der Waals surface area contributed by atoms with Gasteiger partial charge in [0.1, 0.15) is 5.69 Å². The Hall–Kier alpha value is -1.25. The second kappa shape index (κ2) is 2.35. The first-order valence-electron chi connectivity index (χ1n) is 2.47. The van der Waals surface area contributed by atoms with Crippen molar-refractivity contribution in [3.8, 4) is 0 Å². The maximum Gasteiger partial charge on any atom is 0.354 e. The van der Waals surface area contributed by atoms with Crippen LogP contribution in [-0.2, 0) is 4.74 Å². The molecule has 0 aromatic carbocycles. The van der Waals surface area contributed by atoms with Gasteiger partial charge in [0, 0.05) is 12.3 Å². The largest absolute Gasteiger partial charge is 0.464 e. The van der Waals surface area contributed by atoms with E-state index in [4.69, 9.17) is 0 Å². The zero-order valence-corrected chi connectivity index (χ0v) is 4.97. The number of ether oxygens (including phenoxy) is 1. The van der Waals surface area contributed by atoms with Crippen LogP contribution in [0.15, 0.2) is 12.3 Å². The standard InChI is InChI=1S/C6H6NO2/c1-9-6(8)5-3-2-4-7-5/h3-4,7H,1H3. The molecule has 1 heterocycles. The van der Waals surface area contributed by atoms with Crippen molar-refractivity contribution in [2.45, 2.75) is 0 Å². The summed E-state index contributed by atoms with van der Waals surface area (Å²) < 4.78 is 4.40. The van der Waals surface area contributed by atoms with E-state index in [-0.39, 0.29) is 5.97 Å². The summed E-state index contributed by atoms with van der Waals surface area (Å²) in [5.41, 5.74) is 0.428. The Balaban J connectivity index is 2.77. The first kappa shape index (κ1) is 5.88. The third-order valence-corrected chi connectivity index (χ3v) is 0.944. The molecule has 0 aliphatic carbocycles. The molecule has 0 saturated heterocycles. The Labute approximate surface area is 52.6 Å². The van der Waals surface area contributed by atoms with E-state index in [1.807, 2.05) is 0 Å². The number of H-pyrrole nitrogens is 1. The maximum absolute atomic E-state index is 10.6. The maximum atomic E-state index is 10.6. The highest BCUT2D eigenvalue weighted by molar-refractivity contribution is 5.87. The van der Waals surface area contributed by atoms with Gasteiger partial charge in [0.15, 0.2) is 0 Å². The molecule has 0 amide bonds. The molecule has 1 N–H and O–H groups in total. The van der Waals surface area contributed by atoms with E-state index in [2.05, 4.69) is 15.8 Å². The summed E-state index contributed by atoms with van der Waals surface area (Å²) in [6, 6.07) is 4.22.